The molecule has 1 rings (SSSR count). The van der Waals surface area contributed by atoms with Crippen molar-refractivity contribution in [2.24, 2.45) is 0 Å². The van der Waals surface area contributed by atoms with Gasteiger partial charge in [-0.05, 0) is 19.3 Å². The van der Waals surface area contributed by atoms with Crippen molar-refractivity contribution in [3.63, 3.8) is 0 Å². The number of hydrogen-bond donors (Lipinski definition) is 1. The fraction of sp³-hybridized carbons (Fsp3) is 0.750. The van der Waals surface area contributed by atoms with Crippen LogP contribution in [0.5, 0.6) is 0 Å². The molecule has 0 aromatic heterocycles. The van der Waals surface area contributed by atoms with Crippen molar-refractivity contribution in [1.82, 2.24) is 0 Å². The van der Waals surface area contributed by atoms with Gasteiger partial charge in [0.15, 0.2) is 0 Å². The lowest BCUT2D eigenvalue weighted by Gasteiger charge is -1.98. The summed E-state index contributed by atoms with van der Waals surface area (Å²) >= 11 is 0. The van der Waals surface area contributed by atoms with E-state index in [9.17, 15) is 0 Å². The summed E-state index contributed by atoms with van der Waals surface area (Å²) in [5.41, 5.74) is 1.35. The van der Waals surface area contributed by atoms with E-state index >= 15 is 0 Å². The highest BCUT2D eigenvalue weighted by molar-refractivity contribution is 5.02. The summed E-state index contributed by atoms with van der Waals surface area (Å²) in [6.45, 7) is 1.88. The summed E-state index contributed by atoms with van der Waals surface area (Å²) in [7, 11) is 0. The van der Waals surface area contributed by atoms with Gasteiger partial charge in [-0.2, -0.15) is 0 Å². The Kier molecular flexibility index (Phi) is 3.47. The maximum absolute atomic E-state index is 8.59. The third kappa shape index (κ3) is 2.50. The Hall–Kier alpha value is -0.340. The van der Waals surface area contributed by atoms with E-state index < -0.39 is 0 Å². The Labute approximate surface area is 61.5 Å². The molecule has 1 heterocycles. The molecule has 0 unspecified atom stereocenters. The molecule has 1 aliphatic heterocycles. The topological polar surface area (TPSA) is 29.5 Å². The van der Waals surface area contributed by atoms with E-state index in [0.717, 1.165) is 32.5 Å². The summed E-state index contributed by atoms with van der Waals surface area (Å²) in [6.07, 6.45) is 5.10. The lowest BCUT2D eigenvalue weighted by atomic mass is 10.1. The second-order valence-corrected chi connectivity index (χ2v) is 2.51. The van der Waals surface area contributed by atoms with Crippen molar-refractivity contribution in [3.8, 4) is 0 Å². The average Bonchev–Trinajstić information content (AvgIpc) is 2.17. The quantitative estimate of drug-likeness (QED) is 0.556. The van der Waals surface area contributed by atoms with Crippen molar-refractivity contribution >= 4 is 0 Å². The van der Waals surface area contributed by atoms with Crippen molar-refractivity contribution in [2.75, 3.05) is 19.8 Å². The lowest BCUT2D eigenvalue weighted by Crippen LogP contribution is -1.90. The van der Waals surface area contributed by atoms with Gasteiger partial charge in [0.2, 0.25) is 0 Å². The summed E-state index contributed by atoms with van der Waals surface area (Å²) < 4.78 is 5.25. The smallest absolute Gasteiger partial charge is 0.0615 e. The second kappa shape index (κ2) is 4.47. The van der Waals surface area contributed by atoms with Gasteiger partial charge in [-0.3, -0.25) is 0 Å². The SMILES string of the molecule is OC/C=C1\CCCOCC1. The highest BCUT2D eigenvalue weighted by Gasteiger charge is 2.02. The van der Waals surface area contributed by atoms with E-state index in [2.05, 4.69) is 0 Å². The van der Waals surface area contributed by atoms with Gasteiger partial charge >= 0.3 is 0 Å². The van der Waals surface area contributed by atoms with Crippen LogP contribution in [0.2, 0.25) is 0 Å². The monoisotopic (exact) mass is 142 g/mol. The van der Waals surface area contributed by atoms with Crippen molar-refractivity contribution < 1.29 is 9.84 Å². The number of aliphatic hydroxyl groups excluding tert-OH is 1. The zero-order valence-corrected chi connectivity index (χ0v) is 6.18. The molecular weight excluding hydrogens is 128 g/mol. The van der Waals surface area contributed by atoms with Crippen LogP contribution >= 0.6 is 0 Å². The van der Waals surface area contributed by atoms with Crippen LogP contribution in [0.4, 0.5) is 0 Å². The maximum atomic E-state index is 8.59. The van der Waals surface area contributed by atoms with Gasteiger partial charge in [0.1, 0.15) is 0 Å². The standard InChI is InChI=1S/C8H14O2/c9-5-3-8-2-1-6-10-7-4-8/h3,9H,1-2,4-7H2/b8-3+. The van der Waals surface area contributed by atoms with Crippen LogP contribution < -0.4 is 0 Å². The van der Waals surface area contributed by atoms with Crippen molar-refractivity contribution in [2.45, 2.75) is 19.3 Å². The van der Waals surface area contributed by atoms with E-state index in [1.54, 1.807) is 0 Å². The summed E-state index contributed by atoms with van der Waals surface area (Å²) in [5.74, 6) is 0. The molecule has 1 aliphatic rings. The van der Waals surface area contributed by atoms with Gasteiger partial charge < -0.3 is 9.84 Å². The number of hydrogen-bond acceptors (Lipinski definition) is 2. The first kappa shape index (κ1) is 7.76. The molecule has 0 saturated carbocycles. The second-order valence-electron chi connectivity index (χ2n) is 2.51. The Bertz CT molecular complexity index is 108. The van der Waals surface area contributed by atoms with Crippen LogP contribution in [-0.4, -0.2) is 24.9 Å². The average molecular weight is 142 g/mol. The predicted molar refractivity (Wildman–Crippen MR) is 39.8 cm³/mol. The third-order valence-corrected chi connectivity index (χ3v) is 1.73. The predicted octanol–water partition coefficient (Wildman–Crippen LogP) is 1.11. The van der Waals surface area contributed by atoms with Crippen molar-refractivity contribution in [3.05, 3.63) is 11.6 Å². The molecule has 1 saturated heterocycles. The minimum absolute atomic E-state index is 0.176. The molecule has 58 valence electrons. The van der Waals surface area contributed by atoms with Gasteiger partial charge in [-0.25, -0.2) is 0 Å². The zero-order chi connectivity index (χ0) is 7.23. The normalized spacial score (nSPS) is 24.7. The first-order chi connectivity index (χ1) is 4.93. The lowest BCUT2D eigenvalue weighted by molar-refractivity contribution is 0.146. The molecule has 0 aromatic rings. The molecule has 1 N–H and O–H groups in total. The first-order valence-corrected chi connectivity index (χ1v) is 3.80. The number of rotatable bonds is 1. The fourth-order valence-corrected chi connectivity index (χ4v) is 1.16. The van der Waals surface area contributed by atoms with Crippen LogP contribution in [0.15, 0.2) is 11.6 Å². The molecule has 10 heavy (non-hydrogen) atoms. The molecule has 2 heteroatoms. The molecule has 0 amide bonds. The van der Waals surface area contributed by atoms with Crippen LogP contribution in [0.25, 0.3) is 0 Å². The van der Waals surface area contributed by atoms with Crippen LogP contribution in [0.1, 0.15) is 19.3 Å². The Morgan fingerprint density at radius 2 is 2.30 bits per heavy atom. The third-order valence-electron chi connectivity index (χ3n) is 1.73. The maximum Gasteiger partial charge on any atom is 0.0615 e. The molecule has 0 radical (unpaired) electrons. The van der Waals surface area contributed by atoms with Gasteiger partial charge in [-0.1, -0.05) is 11.6 Å². The van der Waals surface area contributed by atoms with Gasteiger partial charge in [0.05, 0.1) is 13.2 Å². The Morgan fingerprint density at radius 3 is 3.10 bits per heavy atom. The highest BCUT2D eigenvalue weighted by Crippen LogP contribution is 2.13. The highest BCUT2D eigenvalue weighted by atomic mass is 16.5. The first-order valence-electron chi connectivity index (χ1n) is 3.80. The fourth-order valence-electron chi connectivity index (χ4n) is 1.16. The molecular formula is C8H14O2. The summed E-state index contributed by atoms with van der Waals surface area (Å²) in [5, 5.41) is 8.59. The van der Waals surface area contributed by atoms with Crippen LogP contribution in [-0.2, 0) is 4.74 Å². The van der Waals surface area contributed by atoms with E-state index in [4.69, 9.17) is 9.84 Å². The van der Waals surface area contributed by atoms with Crippen LogP contribution in [0.3, 0.4) is 0 Å². The van der Waals surface area contributed by atoms with Crippen molar-refractivity contribution in [1.29, 1.82) is 0 Å². The summed E-state index contributed by atoms with van der Waals surface area (Å²) in [4.78, 5) is 0. The Morgan fingerprint density at radius 1 is 1.40 bits per heavy atom. The van der Waals surface area contributed by atoms with E-state index in [0.29, 0.717) is 0 Å². The molecule has 0 aliphatic carbocycles. The van der Waals surface area contributed by atoms with E-state index in [-0.39, 0.29) is 6.61 Å². The van der Waals surface area contributed by atoms with E-state index in [1.807, 2.05) is 6.08 Å². The minimum Gasteiger partial charge on any atom is -0.392 e. The molecule has 0 bridgehead atoms. The molecule has 1 fully saturated rings. The van der Waals surface area contributed by atoms with Gasteiger partial charge in [0, 0.05) is 6.61 Å². The van der Waals surface area contributed by atoms with Gasteiger partial charge in [0.25, 0.3) is 0 Å². The molecule has 2 nitrogen and oxygen atoms in total. The zero-order valence-electron chi connectivity index (χ0n) is 6.18. The van der Waals surface area contributed by atoms with E-state index in [1.165, 1.54) is 5.57 Å². The number of aliphatic hydroxyl groups is 1. The largest absolute Gasteiger partial charge is 0.392 e. The summed E-state index contributed by atoms with van der Waals surface area (Å²) in [6, 6.07) is 0. The molecule has 0 aromatic carbocycles. The number of ether oxygens (including phenoxy) is 1. The Balaban J connectivity index is 2.35. The molecule has 0 spiro atoms. The van der Waals surface area contributed by atoms with Crippen LogP contribution in [0, 0.1) is 0 Å². The van der Waals surface area contributed by atoms with Gasteiger partial charge in [-0.15, -0.1) is 0 Å². The minimum atomic E-state index is 0.176. The molecule has 0 atom stereocenters.